The number of esters is 1. The average molecular weight is 501 g/mol. The molecule has 4 rings (SSSR count). The fourth-order valence-corrected chi connectivity index (χ4v) is 4.40. The number of carbonyl (C=O) groups excluding carboxylic acids is 1. The molecule has 0 bridgehead atoms. The Bertz CT molecular complexity index is 1230. The van der Waals surface area contributed by atoms with Gasteiger partial charge < -0.3 is 19.5 Å². The van der Waals surface area contributed by atoms with E-state index in [2.05, 4.69) is 15.4 Å². The first kappa shape index (κ1) is 24.0. The number of carbonyl (C=O) groups is 1. The number of nitrogens with zero attached hydrogens (tertiary/aromatic N) is 3. The van der Waals surface area contributed by atoms with Crippen LogP contribution >= 0.6 is 23.4 Å². The SMILES string of the molecule is CCSc1nc2n(n1)C(c1ccc(OCc3ccc(Cl)cc3)c(OC)c1)C(C(=O)OC)=C(C)N2. The van der Waals surface area contributed by atoms with Crippen LogP contribution in [-0.4, -0.2) is 40.7 Å². The lowest BCUT2D eigenvalue weighted by molar-refractivity contribution is -0.136. The van der Waals surface area contributed by atoms with Crippen LogP contribution in [0.1, 0.15) is 31.0 Å². The van der Waals surface area contributed by atoms with Crippen molar-refractivity contribution in [1.82, 2.24) is 14.8 Å². The Morgan fingerprint density at radius 1 is 1.18 bits per heavy atom. The molecule has 0 saturated heterocycles. The van der Waals surface area contributed by atoms with Crippen molar-refractivity contribution in [3.8, 4) is 11.5 Å². The average Bonchev–Trinajstić information content (AvgIpc) is 3.24. The summed E-state index contributed by atoms with van der Waals surface area (Å²) in [5.74, 6) is 2.07. The minimum absolute atomic E-state index is 0.359. The first-order valence-corrected chi connectivity index (χ1v) is 12.0. The molecule has 0 amide bonds. The summed E-state index contributed by atoms with van der Waals surface area (Å²) in [5, 5.41) is 9.12. The summed E-state index contributed by atoms with van der Waals surface area (Å²) >= 11 is 7.49. The van der Waals surface area contributed by atoms with E-state index in [1.54, 1.807) is 11.8 Å². The van der Waals surface area contributed by atoms with Gasteiger partial charge in [0.2, 0.25) is 11.1 Å². The Morgan fingerprint density at radius 3 is 2.62 bits per heavy atom. The summed E-state index contributed by atoms with van der Waals surface area (Å²) < 4.78 is 18.4. The van der Waals surface area contributed by atoms with E-state index >= 15 is 0 Å². The number of anilines is 1. The van der Waals surface area contributed by atoms with Crippen LogP contribution in [0.25, 0.3) is 0 Å². The molecule has 1 atom stereocenters. The van der Waals surface area contributed by atoms with Crippen molar-refractivity contribution in [2.24, 2.45) is 0 Å². The highest BCUT2D eigenvalue weighted by Gasteiger charge is 2.35. The number of fused-ring (bicyclic) bond motifs is 1. The van der Waals surface area contributed by atoms with Crippen LogP contribution in [0.4, 0.5) is 5.95 Å². The summed E-state index contributed by atoms with van der Waals surface area (Å²) in [4.78, 5) is 17.3. The second-order valence-corrected chi connectivity index (χ2v) is 9.15. The van der Waals surface area contributed by atoms with Crippen LogP contribution in [0.3, 0.4) is 0 Å². The summed E-state index contributed by atoms with van der Waals surface area (Å²) in [6.45, 7) is 4.22. The van der Waals surface area contributed by atoms with Crippen LogP contribution in [0, 0.1) is 0 Å². The highest BCUT2D eigenvalue weighted by atomic mass is 35.5. The number of allylic oxidation sites excluding steroid dienone is 1. The molecule has 0 radical (unpaired) electrons. The highest BCUT2D eigenvalue weighted by Crippen LogP contribution is 2.39. The first-order valence-electron chi connectivity index (χ1n) is 10.7. The molecule has 178 valence electrons. The first-order chi connectivity index (χ1) is 16.4. The normalized spacial score (nSPS) is 14.9. The van der Waals surface area contributed by atoms with E-state index < -0.39 is 12.0 Å². The molecule has 10 heteroatoms. The van der Waals surface area contributed by atoms with Crippen molar-refractivity contribution in [3.63, 3.8) is 0 Å². The van der Waals surface area contributed by atoms with Gasteiger partial charge in [-0.2, -0.15) is 4.98 Å². The van der Waals surface area contributed by atoms with Crippen molar-refractivity contribution in [2.75, 3.05) is 25.3 Å². The van der Waals surface area contributed by atoms with E-state index in [1.807, 2.05) is 56.3 Å². The number of thioether (sulfide) groups is 1. The molecular formula is C24H25ClN4O4S. The molecule has 1 aliphatic heterocycles. The topological polar surface area (TPSA) is 87.5 Å². The molecule has 0 fully saturated rings. The number of hydrogen-bond acceptors (Lipinski definition) is 8. The third-order valence-corrected chi connectivity index (χ3v) is 6.29. The van der Waals surface area contributed by atoms with E-state index in [0.29, 0.717) is 45.5 Å². The third kappa shape index (κ3) is 4.85. The zero-order valence-electron chi connectivity index (χ0n) is 19.3. The van der Waals surface area contributed by atoms with Crippen LogP contribution in [0.5, 0.6) is 11.5 Å². The lowest BCUT2D eigenvalue weighted by Crippen LogP contribution is -2.29. The molecule has 0 aliphatic carbocycles. The van der Waals surface area contributed by atoms with E-state index in [0.717, 1.165) is 16.9 Å². The van der Waals surface area contributed by atoms with Crippen molar-refractivity contribution in [3.05, 3.63) is 69.9 Å². The maximum atomic E-state index is 12.8. The molecule has 34 heavy (non-hydrogen) atoms. The zero-order chi connectivity index (χ0) is 24.2. The lowest BCUT2D eigenvalue weighted by atomic mass is 9.95. The number of halogens is 1. The van der Waals surface area contributed by atoms with Gasteiger partial charge in [-0.05, 0) is 48.1 Å². The van der Waals surface area contributed by atoms with E-state index in [1.165, 1.54) is 18.9 Å². The molecule has 1 unspecified atom stereocenters. The lowest BCUT2D eigenvalue weighted by Gasteiger charge is -2.28. The molecule has 2 aromatic carbocycles. The number of methoxy groups -OCH3 is 2. The standard InChI is InChI=1S/C24H25ClN4O4S/c1-5-34-24-27-23-26-14(2)20(22(30)32-4)21(29(23)28-24)16-8-11-18(19(12-16)31-3)33-13-15-6-9-17(25)10-7-15/h6-12,21H,5,13H2,1-4H3,(H,26,27,28). The van der Waals surface area contributed by atoms with Crippen molar-refractivity contribution in [1.29, 1.82) is 0 Å². The maximum Gasteiger partial charge on any atom is 0.338 e. The summed E-state index contributed by atoms with van der Waals surface area (Å²) in [7, 11) is 2.94. The van der Waals surface area contributed by atoms with Gasteiger partial charge in [-0.1, -0.05) is 48.5 Å². The van der Waals surface area contributed by atoms with E-state index in [9.17, 15) is 4.79 Å². The molecule has 1 aromatic heterocycles. The Morgan fingerprint density at radius 2 is 1.94 bits per heavy atom. The van der Waals surface area contributed by atoms with Crippen molar-refractivity contribution in [2.45, 2.75) is 31.7 Å². The second-order valence-electron chi connectivity index (χ2n) is 7.48. The number of nitrogens with one attached hydrogen (secondary N) is 1. The Balaban J connectivity index is 1.70. The minimum atomic E-state index is -0.540. The maximum absolute atomic E-state index is 12.8. The van der Waals surface area contributed by atoms with Crippen LogP contribution in [-0.2, 0) is 16.1 Å². The van der Waals surface area contributed by atoms with Gasteiger partial charge in [0.05, 0.1) is 19.8 Å². The van der Waals surface area contributed by atoms with Gasteiger partial charge in [0.25, 0.3) is 0 Å². The largest absolute Gasteiger partial charge is 0.493 e. The summed E-state index contributed by atoms with van der Waals surface area (Å²) in [6.07, 6.45) is 0. The Labute approximate surface area is 207 Å². The van der Waals surface area contributed by atoms with Gasteiger partial charge in [0.15, 0.2) is 11.5 Å². The number of benzene rings is 2. The predicted molar refractivity (Wildman–Crippen MR) is 132 cm³/mol. The number of ether oxygens (including phenoxy) is 3. The molecule has 1 N–H and O–H groups in total. The molecule has 1 aliphatic rings. The van der Waals surface area contributed by atoms with Gasteiger partial charge in [-0.3, -0.25) is 0 Å². The molecule has 2 heterocycles. The van der Waals surface area contributed by atoms with E-state index in [-0.39, 0.29) is 0 Å². The predicted octanol–water partition coefficient (Wildman–Crippen LogP) is 5.09. The highest BCUT2D eigenvalue weighted by molar-refractivity contribution is 7.99. The molecule has 3 aromatic rings. The third-order valence-electron chi connectivity index (χ3n) is 5.32. The summed E-state index contributed by atoms with van der Waals surface area (Å²) in [5.41, 5.74) is 2.88. The number of rotatable bonds is 8. The van der Waals surface area contributed by atoms with Crippen LogP contribution in [0.2, 0.25) is 5.02 Å². The molecule has 0 spiro atoms. The van der Waals surface area contributed by atoms with E-state index in [4.69, 9.17) is 25.8 Å². The summed E-state index contributed by atoms with van der Waals surface area (Å²) in [6, 6.07) is 12.5. The fraction of sp³-hybridized carbons (Fsp3) is 0.292. The fourth-order valence-electron chi connectivity index (χ4n) is 3.72. The van der Waals surface area contributed by atoms with Crippen molar-refractivity contribution < 1.29 is 19.0 Å². The molecule has 8 nitrogen and oxygen atoms in total. The monoisotopic (exact) mass is 500 g/mol. The smallest absolute Gasteiger partial charge is 0.338 e. The van der Waals surface area contributed by atoms with Crippen LogP contribution < -0.4 is 14.8 Å². The van der Waals surface area contributed by atoms with Gasteiger partial charge in [-0.15, -0.1) is 5.10 Å². The van der Waals surface area contributed by atoms with Gasteiger partial charge in [-0.25, -0.2) is 9.48 Å². The second kappa shape index (κ2) is 10.4. The minimum Gasteiger partial charge on any atom is -0.493 e. The quantitative estimate of drug-likeness (QED) is 0.338. The van der Waals surface area contributed by atoms with Crippen LogP contribution in [0.15, 0.2) is 58.9 Å². The Kier molecular flexibility index (Phi) is 7.33. The number of aromatic nitrogens is 3. The Hall–Kier alpha value is -3.17. The van der Waals surface area contributed by atoms with Gasteiger partial charge in [0, 0.05) is 10.7 Å². The molecule has 0 saturated carbocycles. The number of hydrogen-bond donors (Lipinski definition) is 1. The zero-order valence-corrected chi connectivity index (χ0v) is 20.9. The van der Waals surface area contributed by atoms with Gasteiger partial charge in [0.1, 0.15) is 12.6 Å². The molecular weight excluding hydrogens is 476 g/mol. The van der Waals surface area contributed by atoms with Gasteiger partial charge >= 0.3 is 5.97 Å². The van der Waals surface area contributed by atoms with Crippen molar-refractivity contribution >= 4 is 35.3 Å².